The fourth-order valence-corrected chi connectivity index (χ4v) is 6.32. The van der Waals surface area contributed by atoms with Crippen LogP contribution in [0, 0.1) is 18.8 Å². The molecule has 8 nitrogen and oxygen atoms in total. The summed E-state index contributed by atoms with van der Waals surface area (Å²) < 4.78 is 69.9. The number of hydrogen-bond donors (Lipinski definition) is 2. The van der Waals surface area contributed by atoms with Crippen LogP contribution in [-0.2, 0) is 21.0 Å². The van der Waals surface area contributed by atoms with Gasteiger partial charge < -0.3 is 10.0 Å². The van der Waals surface area contributed by atoms with Gasteiger partial charge in [0, 0.05) is 18.2 Å². The number of sulfonamides is 1. The molecule has 0 spiro atoms. The van der Waals surface area contributed by atoms with Crippen molar-refractivity contribution in [2.75, 3.05) is 16.2 Å². The Kier molecular flexibility index (Phi) is 6.54. The average molecular weight is 547 g/mol. The fourth-order valence-electron chi connectivity index (χ4n) is 5.36. The maximum atomic E-state index is 13.7. The molecule has 200 valence electrons. The smallest absolute Gasteiger partial charge is 0.418 e. The number of carbonyl (C=O) groups is 1. The Bertz CT molecular complexity index is 1500. The Morgan fingerprint density at radius 2 is 1.84 bits per heavy atom. The number of halogens is 3. The van der Waals surface area contributed by atoms with Crippen molar-refractivity contribution < 1.29 is 31.5 Å². The molecule has 1 aliphatic carbocycles. The molecule has 1 aromatic carbocycles. The second-order valence-electron chi connectivity index (χ2n) is 9.59. The van der Waals surface area contributed by atoms with Crippen LogP contribution >= 0.6 is 0 Å². The van der Waals surface area contributed by atoms with Crippen molar-refractivity contribution in [2.45, 2.75) is 43.4 Å². The number of fused-ring (bicyclic) bond motifs is 1. The lowest BCUT2D eigenvalue weighted by Crippen LogP contribution is -2.58. The number of hydrogen-bond acceptors (Lipinski definition) is 6. The summed E-state index contributed by atoms with van der Waals surface area (Å²) in [5.41, 5.74) is -0.564. The first-order chi connectivity index (χ1) is 18.0. The maximum absolute atomic E-state index is 13.7. The Morgan fingerprint density at radius 1 is 1.08 bits per heavy atom. The van der Waals surface area contributed by atoms with E-state index >= 15 is 0 Å². The fraction of sp³-hybridized carbons (Fsp3) is 0.346. The highest BCUT2D eigenvalue weighted by Gasteiger charge is 2.49. The summed E-state index contributed by atoms with van der Waals surface area (Å²) in [6, 6.07) is 12.7. The van der Waals surface area contributed by atoms with Crippen LogP contribution in [0.3, 0.4) is 0 Å². The zero-order valence-electron chi connectivity index (χ0n) is 20.3. The van der Waals surface area contributed by atoms with E-state index in [4.69, 9.17) is 0 Å². The van der Waals surface area contributed by atoms with E-state index in [0.717, 1.165) is 25.0 Å². The van der Waals surface area contributed by atoms with Gasteiger partial charge in [0.1, 0.15) is 11.6 Å². The minimum absolute atomic E-state index is 0.0161. The van der Waals surface area contributed by atoms with Crippen molar-refractivity contribution in [1.82, 2.24) is 9.97 Å². The largest absolute Gasteiger partial charge is 0.481 e. The van der Waals surface area contributed by atoms with Crippen LogP contribution in [-0.4, -0.2) is 42.0 Å². The lowest BCUT2D eigenvalue weighted by atomic mass is 9.64. The SMILES string of the molecule is Cc1ccccc1-c1nc(NS(=O)(=O)c2cccc(N3CCC[C@@H]4[C@@H](C(=O)O)C[C@@H]43)n2)ccc1C(F)(F)F. The number of carboxylic acids is 1. The lowest BCUT2D eigenvalue weighted by molar-refractivity contribution is -0.149. The Hall–Kier alpha value is -3.67. The van der Waals surface area contributed by atoms with E-state index < -0.39 is 33.7 Å². The minimum atomic E-state index is -4.69. The summed E-state index contributed by atoms with van der Waals surface area (Å²) in [7, 11) is -4.29. The predicted molar refractivity (Wildman–Crippen MR) is 134 cm³/mol. The van der Waals surface area contributed by atoms with Crippen LogP contribution in [0.25, 0.3) is 11.3 Å². The third-order valence-corrected chi connectivity index (χ3v) is 8.53. The third kappa shape index (κ3) is 4.80. The van der Waals surface area contributed by atoms with Gasteiger partial charge >= 0.3 is 12.1 Å². The van der Waals surface area contributed by atoms with Gasteiger partial charge in [0.2, 0.25) is 0 Å². The number of pyridine rings is 2. The zero-order valence-corrected chi connectivity index (χ0v) is 21.1. The average Bonchev–Trinajstić information content (AvgIpc) is 2.84. The van der Waals surface area contributed by atoms with E-state index in [0.29, 0.717) is 24.3 Å². The number of rotatable bonds is 6. The number of carboxylic acid groups (broad SMARTS) is 1. The third-order valence-electron chi connectivity index (χ3n) is 7.28. The van der Waals surface area contributed by atoms with Gasteiger partial charge in [-0.15, -0.1) is 0 Å². The van der Waals surface area contributed by atoms with Gasteiger partial charge in [-0.3, -0.25) is 9.52 Å². The van der Waals surface area contributed by atoms with Crippen molar-refractivity contribution in [1.29, 1.82) is 0 Å². The Balaban J connectivity index is 1.44. The first-order valence-electron chi connectivity index (χ1n) is 12.1. The summed E-state index contributed by atoms with van der Waals surface area (Å²) in [6.07, 6.45) is -2.67. The zero-order chi connectivity index (χ0) is 27.2. The maximum Gasteiger partial charge on any atom is 0.418 e. The van der Waals surface area contributed by atoms with Crippen molar-refractivity contribution >= 4 is 27.6 Å². The highest BCUT2D eigenvalue weighted by Crippen LogP contribution is 2.45. The number of alkyl halides is 3. The van der Waals surface area contributed by atoms with Crippen LogP contribution < -0.4 is 9.62 Å². The van der Waals surface area contributed by atoms with Crippen molar-refractivity contribution in [2.24, 2.45) is 11.8 Å². The van der Waals surface area contributed by atoms with Gasteiger partial charge in [0.05, 0.1) is 17.2 Å². The Labute approximate surface area is 217 Å². The predicted octanol–water partition coefficient (Wildman–Crippen LogP) is 4.96. The second kappa shape index (κ2) is 9.57. The molecule has 2 aromatic heterocycles. The first-order valence-corrected chi connectivity index (χ1v) is 13.6. The number of anilines is 2. The molecule has 5 rings (SSSR count). The molecule has 0 bridgehead atoms. The molecule has 12 heteroatoms. The van der Waals surface area contributed by atoms with Crippen LogP contribution in [0.5, 0.6) is 0 Å². The van der Waals surface area contributed by atoms with Crippen molar-refractivity contribution in [3.05, 3.63) is 65.7 Å². The van der Waals surface area contributed by atoms with Crippen LogP contribution in [0.1, 0.15) is 30.4 Å². The van der Waals surface area contributed by atoms with Crippen LogP contribution in [0.15, 0.2) is 59.6 Å². The van der Waals surface area contributed by atoms with Crippen LogP contribution in [0.4, 0.5) is 24.8 Å². The van der Waals surface area contributed by atoms with E-state index in [1.165, 1.54) is 18.2 Å². The molecule has 2 fully saturated rings. The molecule has 0 amide bonds. The summed E-state index contributed by atoms with van der Waals surface area (Å²) in [6.45, 7) is 2.27. The van der Waals surface area contributed by atoms with Gasteiger partial charge in [0.15, 0.2) is 5.03 Å². The molecule has 2 N–H and O–H groups in total. The number of nitrogens with zero attached hydrogens (tertiary/aromatic N) is 3. The molecule has 2 aliphatic rings. The lowest BCUT2D eigenvalue weighted by Gasteiger charge is -2.52. The van der Waals surface area contributed by atoms with Crippen LogP contribution in [0.2, 0.25) is 0 Å². The molecular weight excluding hydrogens is 521 g/mol. The van der Waals surface area contributed by atoms with E-state index in [1.54, 1.807) is 31.2 Å². The highest BCUT2D eigenvalue weighted by atomic mass is 32.2. The molecule has 38 heavy (non-hydrogen) atoms. The van der Waals surface area contributed by atoms with Gasteiger partial charge in [0.25, 0.3) is 10.0 Å². The molecule has 3 aromatic rings. The number of aryl methyl sites for hydroxylation is 1. The Morgan fingerprint density at radius 3 is 2.55 bits per heavy atom. The second-order valence-corrected chi connectivity index (χ2v) is 11.2. The standard InChI is InChI=1S/C26H25F3N4O4S/c1-15-6-2-3-7-16(15)24-19(26(27,28)29)11-12-21(30-24)32-38(36,37)23-10-4-9-22(31-23)33-13-5-8-17-18(25(34)35)14-20(17)33/h2-4,6-7,9-12,17-18,20H,5,8,13-14H2,1H3,(H,30,32)(H,34,35)/t17-,18+,20+/m1/s1. The van der Waals surface area contributed by atoms with Crippen molar-refractivity contribution in [3.8, 4) is 11.3 Å². The number of benzene rings is 1. The molecule has 1 saturated carbocycles. The number of aromatic nitrogens is 2. The molecule has 1 saturated heterocycles. The van der Waals surface area contributed by atoms with Gasteiger partial charge in [-0.25, -0.2) is 9.97 Å². The van der Waals surface area contributed by atoms with E-state index in [9.17, 15) is 31.5 Å². The van der Waals surface area contributed by atoms with Crippen molar-refractivity contribution in [3.63, 3.8) is 0 Å². The van der Waals surface area contributed by atoms with Gasteiger partial charge in [-0.1, -0.05) is 30.3 Å². The number of aliphatic carboxylic acids is 1. The topological polar surface area (TPSA) is 112 Å². The number of piperidine rings is 1. The summed E-state index contributed by atoms with van der Waals surface area (Å²) >= 11 is 0. The van der Waals surface area contributed by atoms with E-state index in [1.807, 2.05) is 4.90 Å². The summed E-state index contributed by atoms with van der Waals surface area (Å²) in [4.78, 5) is 21.8. The van der Waals surface area contributed by atoms with E-state index in [-0.39, 0.29) is 34.1 Å². The summed E-state index contributed by atoms with van der Waals surface area (Å²) in [5.74, 6) is -1.12. The van der Waals surface area contributed by atoms with Gasteiger partial charge in [-0.05, 0) is 61.9 Å². The molecule has 1 aliphatic heterocycles. The molecule has 3 atom stereocenters. The normalized spacial score (nSPS) is 21.4. The molecule has 0 radical (unpaired) electrons. The quantitative estimate of drug-likeness (QED) is 0.449. The van der Waals surface area contributed by atoms with E-state index in [2.05, 4.69) is 14.7 Å². The molecule has 0 unspecified atom stereocenters. The molecular formula is C26H25F3N4O4S. The molecule has 3 heterocycles. The minimum Gasteiger partial charge on any atom is -0.481 e. The number of nitrogens with one attached hydrogen (secondary N) is 1. The monoisotopic (exact) mass is 546 g/mol. The first kappa shape index (κ1) is 26.0. The highest BCUT2D eigenvalue weighted by molar-refractivity contribution is 7.92. The summed E-state index contributed by atoms with van der Waals surface area (Å²) in [5, 5.41) is 9.08. The van der Waals surface area contributed by atoms with Gasteiger partial charge in [-0.2, -0.15) is 21.6 Å².